The van der Waals surface area contributed by atoms with Gasteiger partial charge >= 0.3 is 5.97 Å². The Bertz CT molecular complexity index is 1290. The van der Waals surface area contributed by atoms with E-state index in [4.69, 9.17) is 14.5 Å². The van der Waals surface area contributed by atoms with Gasteiger partial charge < -0.3 is 18.9 Å². The lowest BCUT2D eigenvalue weighted by atomic mass is 9.85. The molecule has 2 aliphatic rings. The number of pyridine rings is 2. The van der Waals surface area contributed by atoms with Crippen molar-refractivity contribution in [2.45, 2.75) is 38.6 Å². The summed E-state index contributed by atoms with van der Waals surface area (Å²) in [6.07, 6.45) is 0.379. The number of rotatable bonds is 4. The van der Waals surface area contributed by atoms with Gasteiger partial charge in [0.1, 0.15) is 6.61 Å². The van der Waals surface area contributed by atoms with Gasteiger partial charge in [0.05, 0.1) is 29.0 Å². The molecule has 0 unspecified atom stereocenters. The number of esters is 1. The van der Waals surface area contributed by atoms with Crippen molar-refractivity contribution < 1.29 is 14.3 Å². The molecule has 0 fully saturated rings. The van der Waals surface area contributed by atoms with Gasteiger partial charge in [0.2, 0.25) is 0 Å². The van der Waals surface area contributed by atoms with Crippen LogP contribution < -0.4 is 5.56 Å². The van der Waals surface area contributed by atoms with Gasteiger partial charge in [-0.3, -0.25) is 4.79 Å². The number of methoxy groups -OCH3 is 1. The van der Waals surface area contributed by atoms with Crippen LogP contribution in [0.25, 0.3) is 22.3 Å². The number of benzene rings is 1. The average Bonchev–Trinajstić information content (AvgIpc) is 3.11. The summed E-state index contributed by atoms with van der Waals surface area (Å²) in [4.78, 5) is 33.1. The van der Waals surface area contributed by atoms with E-state index in [-0.39, 0.29) is 12.2 Å². The third-order valence-electron chi connectivity index (χ3n) is 6.45. The number of carbonyl (C=O) groups is 1. The first kappa shape index (κ1) is 19.9. The van der Waals surface area contributed by atoms with Gasteiger partial charge in [-0.1, -0.05) is 19.1 Å². The summed E-state index contributed by atoms with van der Waals surface area (Å²) < 4.78 is 12.7. The molecule has 0 aliphatic carbocycles. The minimum atomic E-state index is -1.26. The molecule has 2 aliphatic heterocycles. The van der Waals surface area contributed by atoms with Crippen molar-refractivity contribution in [3.63, 3.8) is 0 Å². The number of hydrogen-bond donors (Lipinski definition) is 0. The summed E-state index contributed by atoms with van der Waals surface area (Å²) in [7, 11) is 5.56. The van der Waals surface area contributed by atoms with Gasteiger partial charge in [-0.15, -0.1) is 0 Å². The second kappa shape index (κ2) is 7.00. The predicted octanol–water partition coefficient (Wildman–Crippen LogP) is 2.80. The molecule has 3 aromatic rings. The molecule has 1 atom stereocenters. The molecule has 0 saturated carbocycles. The maximum Gasteiger partial charge on any atom is 0.343 e. The number of fused-ring (bicyclic) bond motifs is 5. The maximum atomic E-state index is 13.4. The van der Waals surface area contributed by atoms with Gasteiger partial charge in [0, 0.05) is 30.2 Å². The molecule has 0 amide bonds. The Balaban J connectivity index is 1.74. The largest absolute Gasteiger partial charge is 0.458 e. The highest BCUT2D eigenvalue weighted by atomic mass is 16.6. The summed E-state index contributed by atoms with van der Waals surface area (Å²) in [6, 6.07) is 10.2. The van der Waals surface area contributed by atoms with Crippen LogP contribution in [-0.2, 0) is 39.6 Å². The molecular formula is C24H25N3O4. The van der Waals surface area contributed by atoms with Gasteiger partial charge in [-0.05, 0) is 44.3 Å². The first-order valence-corrected chi connectivity index (χ1v) is 10.5. The third kappa shape index (κ3) is 2.77. The van der Waals surface area contributed by atoms with E-state index in [9.17, 15) is 9.59 Å². The molecule has 1 aromatic carbocycles. The van der Waals surface area contributed by atoms with Gasteiger partial charge in [-0.2, -0.15) is 0 Å². The number of cyclic esters (lactones) is 1. The number of nitrogens with zero attached hydrogens (tertiary/aromatic N) is 3. The monoisotopic (exact) mass is 419 g/mol. The Morgan fingerprint density at radius 2 is 2.06 bits per heavy atom. The van der Waals surface area contributed by atoms with Crippen LogP contribution in [0.3, 0.4) is 0 Å². The molecule has 7 heteroatoms. The number of hydrogen-bond acceptors (Lipinski definition) is 6. The average molecular weight is 419 g/mol. The van der Waals surface area contributed by atoms with Crippen molar-refractivity contribution in [1.82, 2.24) is 14.5 Å². The van der Waals surface area contributed by atoms with Crippen LogP contribution >= 0.6 is 0 Å². The normalized spacial score (nSPS) is 19.3. The summed E-state index contributed by atoms with van der Waals surface area (Å²) >= 11 is 0. The highest BCUT2D eigenvalue weighted by Gasteiger charge is 2.47. The topological polar surface area (TPSA) is 73.7 Å². The quantitative estimate of drug-likeness (QED) is 0.474. The Morgan fingerprint density at radius 3 is 2.77 bits per heavy atom. The highest BCUT2D eigenvalue weighted by molar-refractivity contribution is 5.88. The molecule has 0 radical (unpaired) electrons. The lowest BCUT2D eigenvalue weighted by molar-refractivity contribution is -0.176. The number of ether oxygens (including phenoxy) is 2. The summed E-state index contributed by atoms with van der Waals surface area (Å²) in [5.74, 6) is -0.452. The summed E-state index contributed by atoms with van der Waals surface area (Å²) in [6.45, 7) is 3.09. The van der Waals surface area contributed by atoms with Crippen molar-refractivity contribution in [2.24, 2.45) is 0 Å². The first-order chi connectivity index (χ1) is 14.9. The Morgan fingerprint density at radius 1 is 1.26 bits per heavy atom. The summed E-state index contributed by atoms with van der Waals surface area (Å²) in [5, 5.41) is 1.10. The second-order valence-corrected chi connectivity index (χ2v) is 8.49. The van der Waals surface area contributed by atoms with E-state index < -0.39 is 11.6 Å². The van der Waals surface area contributed by atoms with Gasteiger partial charge in [-0.25, -0.2) is 9.78 Å². The third-order valence-corrected chi connectivity index (χ3v) is 6.45. The van der Waals surface area contributed by atoms with Crippen LogP contribution in [0.2, 0.25) is 0 Å². The number of carbonyl (C=O) groups excluding carboxylic acids is 1. The lowest BCUT2D eigenvalue weighted by Crippen LogP contribution is -2.45. The molecule has 31 heavy (non-hydrogen) atoms. The van der Waals surface area contributed by atoms with E-state index in [2.05, 4.69) is 17.0 Å². The molecular weight excluding hydrogens is 394 g/mol. The number of aromatic nitrogens is 2. The molecule has 4 heterocycles. The predicted molar refractivity (Wildman–Crippen MR) is 117 cm³/mol. The SMILES string of the molecule is CC[C@@]1(OC)C(=O)OCc2c1cc1n(c2=O)Cc2cc3c(CN(C)C)cccc3nc2-1. The van der Waals surface area contributed by atoms with E-state index in [0.717, 1.165) is 34.4 Å². The second-order valence-electron chi connectivity index (χ2n) is 8.49. The van der Waals surface area contributed by atoms with E-state index in [1.165, 1.54) is 12.7 Å². The zero-order valence-corrected chi connectivity index (χ0v) is 18.2. The molecule has 0 saturated heterocycles. The fraction of sp³-hybridized carbons (Fsp3) is 0.375. The molecule has 7 nitrogen and oxygen atoms in total. The standard InChI is InChI=1S/C24H25N3O4/c1-5-24(30-4)18-10-20-21-15(12-27(20)22(28)17(18)13-31-23(24)29)9-16-14(11-26(2)3)7-6-8-19(16)25-21/h6-10H,5,11-13H2,1-4H3/t24-/m0/s1. The molecule has 2 aromatic heterocycles. The summed E-state index contributed by atoms with van der Waals surface area (Å²) in [5.41, 5.74) is 4.28. The van der Waals surface area contributed by atoms with E-state index in [1.54, 1.807) is 4.57 Å². The maximum absolute atomic E-state index is 13.4. The van der Waals surface area contributed by atoms with Crippen molar-refractivity contribution in [3.05, 3.63) is 62.9 Å². The van der Waals surface area contributed by atoms with Crippen LogP contribution in [-0.4, -0.2) is 41.6 Å². The van der Waals surface area contributed by atoms with E-state index >= 15 is 0 Å². The van der Waals surface area contributed by atoms with Crippen LogP contribution in [0.4, 0.5) is 0 Å². The first-order valence-electron chi connectivity index (χ1n) is 10.5. The van der Waals surface area contributed by atoms with E-state index in [0.29, 0.717) is 24.1 Å². The van der Waals surface area contributed by atoms with Crippen molar-refractivity contribution in [1.29, 1.82) is 0 Å². The van der Waals surface area contributed by atoms with Crippen molar-refractivity contribution >= 4 is 16.9 Å². The molecule has 160 valence electrons. The Hall–Kier alpha value is -3.03. The highest BCUT2D eigenvalue weighted by Crippen LogP contribution is 2.40. The smallest absolute Gasteiger partial charge is 0.343 e. The van der Waals surface area contributed by atoms with Crippen molar-refractivity contribution in [3.8, 4) is 11.4 Å². The Kier molecular flexibility index (Phi) is 4.50. The van der Waals surface area contributed by atoms with Crippen molar-refractivity contribution in [2.75, 3.05) is 21.2 Å². The fourth-order valence-corrected chi connectivity index (χ4v) is 4.87. The molecule has 0 bridgehead atoms. The van der Waals surface area contributed by atoms with Crippen LogP contribution in [0.15, 0.2) is 35.1 Å². The minimum Gasteiger partial charge on any atom is -0.458 e. The van der Waals surface area contributed by atoms with Gasteiger partial charge in [0.15, 0.2) is 5.60 Å². The van der Waals surface area contributed by atoms with Gasteiger partial charge in [0.25, 0.3) is 5.56 Å². The van der Waals surface area contributed by atoms with Crippen LogP contribution in [0.1, 0.15) is 35.6 Å². The van der Waals surface area contributed by atoms with E-state index in [1.807, 2.05) is 39.2 Å². The zero-order chi connectivity index (χ0) is 21.9. The zero-order valence-electron chi connectivity index (χ0n) is 18.2. The molecule has 5 rings (SSSR count). The Labute approximate surface area is 180 Å². The van der Waals surface area contributed by atoms with Crippen LogP contribution in [0.5, 0.6) is 0 Å². The fourth-order valence-electron chi connectivity index (χ4n) is 4.87. The van der Waals surface area contributed by atoms with Crippen LogP contribution in [0, 0.1) is 0 Å². The molecule has 0 N–H and O–H groups in total. The lowest BCUT2D eigenvalue weighted by Gasteiger charge is -2.35. The minimum absolute atomic E-state index is 0.0306. The molecule has 0 spiro atoms.